The van der Waals surface area contributed by atoms with Crippen LogP contribution >= 0.6 is 0 Å². The van der Waals surface area contributed by atoms with Gasteiger partial charge in [0.25, 0.3) is 5.91 Å². The van der Waals surface area contributed by atoms with Gasteiger partial charge in [-0.2, -0.15) is 0 Å². The van der Waals surface area contributed by atoms with E-state index in [1.807, 2.05) is 0 Å². The van der Waals surface area contributed by atoms with Crippen molar-refractivity contribution in [2.75, 3.05) is 13.7 Å². The summed E-state index contributed by atoms with van der Waals surface area (Å²) in [6.07, 6.45) is 4.15. The van der Waals surface area contributed by atoms with Gasteiger partial charge in [0, 0.05) is 12.7 Å². The highest BCUT2D eigenvalue weighted by Gasteiger charge is 2.50. The van der Waals surface area contributed by atoms with Crippen molar-refractivity contribution in [2.24, 2.45) is 5.41 Å². The molecule has 2 rings (SSSR count). The number of aliphatic carboxylic acids is 1. The van der Waals surface area contributed by atoms with E-state index in [1.165, 1.54) is 25.6 Å². The number of hydrogen-bond acceptors (Lipinski definition) is 4. The SMILES string of the molecule is COc1cnccc1C(=O)NCC1(C(=O)O)CC1. The summed E-state index contributed by atoms with van der Waals surface area (Å²) in [5.74, 6) is -0.832. The number of nitrogens with zero attached hydrogens (tertiary/aromatic N) is 1. The van der Waals surface area contributed by atoms with E-state index in [2.05, 4.69) is 10.3 Å². The fraction of sp³-hybridized carbons (Fsp3) is 0.417. The van der Waals surface area contributed by atoms with Crippen LogP contribution in [-0.4, -0.2) is 35.6 Å². The molecule has 6 heteroatoms. The Kier molecular flexibility index (Phi) is 3.18. The van der Waals surface area contributed by atoms with Gasteiger partial charge in [0.2, 0.25) is 0 Å². The van der Waals surface area contributed by atoms with Crippen molar-refractivity contribution in [3.8, 4) is 5.75 Å². The molecule has 0 radical (unpaired) electrons. The highest BCUT2D eigenvalue weighted by molar-refractivity contribution is 5.97. The smallest absolute Gasteiger partial charge is 0.311 e. The van der Waals surface area contributed by atoms with E-state index in [4.69, 9.17) is 9.84 Å². The Hall–Kier alpha value is -2.11. The summed E-state index contributed by atoms with van der Waals surface area (Å²) in [7, 11) is 1.45. The Morgan fingerprint density at radius 2 is 2.28 bits per heavy atom. The Morgan fingerprint density at radius 3 is 2.83 bits per heavy atom. The monoisotopic (exact) mass is 250 g/mol. The molecule has 1 amide bonds. The molecule has 0 bridgehead atoms. The van der Waals surface area contributed by atoms with Crippen LogP contribution in [0.1, 0.15) is 23.2 Å². The van der Waals surface area contributed by atoms with Gasteiger partial charge in [-0.1, -0.05) is 0 Å². The molecule has 0 spiro atoms. The molecule has 0 atom stereocenters. The lowest BCUT2D eigenvalue weighted by molar-refractivity contribution is -0.143. The zero-order valence-electron chi connectivity index (χ0n) is 9.97. The number of methoxy groups -OCH3 is 1. The third-order valence-corrected chi connectivity index (χ3v) is 3.14. The van der Waals surface area contributed by atoms with Gasteiger partial charge in [0.1, 0.15) is 5.75 Å². The molecule has 1 saturated carbocycles. The van der Waals surface area contributed by atoms with E-state index in [0.717, 1.165) is 0 Å². The quantitative estimate of drug-likeness (QED) is 0.802. The summed E-state index contributed by atoms with van der Waals surface area (Å²) in [4.78, 5) is 26.7. The standard InChI is InChI=1S/C12H14N2O4/c1-18-9-6-13-5-2-8(9)10(15)14-7-12(3-4-12)11(16)17/h2,5-6H,3-4,7H2,1H3,(H,14,15)(H,16,17). The van der Waals surface area contributed by atoms with Crippen molar-refractivity contribution >= 4 is 11.9 Å². The molecule has 1 aliphatic carbocycles. The number of hydrogen-bond donors (Lipinski definition) is 2. The first-order valence-corrected chi connectivity index (χ1v) is 5.59. The van der Waals surface area contributed by atoms with Crippen LogP contribution in [0.5, 0.6) is 5.75 Å². The van der Waals surface area contributed by atoms with Crippen molar-refractivity contribution in [3.63, 3.8) is 0 Å². The number of nitrogens with one attached hydrogen (secondary N) is 1. The normalized spacial score (nSPS) is 15.8. The largest absolute Gasteiger partial charge is 0.494 e. The molecule has 0 aliphatic heterocycles. The topological polar surface area (TPSA) is 88.5 Å². The fourth-order valence-electron chi connectivity index (χ4n) is 1.69. The second-order valence-electron chi connectivity index (χ2n) is 4.34. The van der Waals surface area contributed by atoms with Gasteiger partial charge < -0.3 is 15.2 Å². The molecule has 0 saturated heterocycles. The first-order chi connectivity index (χ1) is 8.59. The Morgan fingerprint density at radius 1 is 1.56 bits per heavy atom. The van der Waals surface area contributed by atoms with E-state index < -0.39 is 11.4 Å². The number of carboxylic acid groups (broad SMARTS) is 1. The molecule has 2 N–H and O–H groups in total. The Bertz CT molecular complexity index is 483. The highest BCUT2D eigenvalue weighted by atomic mass is 16.5. The number of ether oxygens (including phenoxy) is 1. The molecule has 0 unspecified atom stereocenters. The first-order valence-electron chi connectivity index (χ1n) is 5.59. The number of aromatic nitrogens is 1. The number of carbonyl (C=O) groups is 2. The molecule has 1 aliphatic rings. The molecule has 1 aromatic rings. The number of rotatable bonds is 5. The Balaban J connectivity index is 2.02. The first kappa shape index (κ1) is 12.3. The molecule has 6 nitrogen and oxygen atoms in total. The van der Waals surface area contributed by atoms with Gasteiger partial charge in [-0.25, -0.2) is 0 Å². The number of pyridine rings is 1. The maximum atomic E-state index is 11.9. The number of amides is 1. The average Bonchev–Trinajstić information content (AvgIpc) is 3.17. The van der Waals surface area contributed by atoms with Gasteiger partial charge >= 0.3 is 5.97 Å². The molecule has 0 aromatic carbocycles. The minimum atomic E-state index is -0.857. The zero-order valence-corrected chi connectivity index (χ0v) is 9.97. The molecule has 1 aromatic heterocycles. The van der Waals surface area contributed by atoms with Crippen LogP contribution in [-0.2, 0) is 4.79 Å². The summed E-state index contributed by atoms with van der Waals surface area (Å²) in [6.45, 7) is 0.145. The van der Waals surface area contributed by atoms with Crippen molar-refractivity contribution in [1.29, 1.82) is 0 Å². The maximum Gasteiger partial charge on any atom is 0.311 e. The maximum absolute atomic E-state index is 11.9. The average molecular weight is 250 g/mol. The van der Waals surface area contributed by atoms with E-state index in [0.29, 0.717) is 24.2 Å². The van der Waals surface area contributed by atoms with Gasteiger partial charge in [0.15, 0.2) is 0 Å². The van der Waals surface area contributed by atoms with E-state index in [1.54, 1.807) is 0 Å². The Labute approximate surface area is 104 Å². The third-order valence-electron chi connectivity index (χ3n) is 3.14. The van der Waals surface area contributed by atoms with Crippen molar-refractivity contribution in [1.82, 2.24) is 10.3 Å². The van der Waals surface area contributed by atoms with Gasteiger partial charge in [-0.15, -0.1) is 0 Å². The van der Waals surface area contributed by atoms with E-state index in [9.17, 15) is 9.59 Å². The van der Waals surface area contributed by atoms with Gasteiger partial charge in [0.05, 0.1) is 24.3 Å². The van der Waals surface area contributed by atoms with Crippen LogP contribution in [0.25, 0.3) is 0 Å². The lowest BCUT2D eigenvalue weighted by atomic mass is 10.1. The minimum Gasteiger partial charge on any atom is -0.494 e. The molecule has 1 fully saturated rings. The van der Waals surface area contributed by atoms with Crippen LogP contribution in [0, 0.1) is 5.41 Å². The lowest BCUT2D eigenvalue weighted by Crippen LogP contribution is -2.34. The number of carboxylic acids is 1. The summed E-state index contributed by atoms with van der Waals surface area (Å²) >= 11 is 0. The predicted octanol–water partition coefficient (Wildman–Crippen LogP) is 0.685. The van der Waals surface area contributed by atoms with Crippen LogP contribution in [0.2, 0.25) is 0 Å². The molecular weight excluding hydrogens is 236 g/mol. The molecule has 96 valence electrons. The summed E-state index contributed by atoms with van der Waals surface area (Å²) < 4.78 is 5.02. The van der Waals surface area contributed by atoms with E-state index in [-0.39, 0.29) is 12.5 Å². The van der Waals surface area contributed by atoms with Crippen LogP contribution in [0.4, 0.5) is 0 Å². The summed E-state index contributed by atoms with van der Waals surface area (Å²) in [5, 5.41) is 11.6. The van der Waals surface area contributed by atoms with Gasteiger partial charge in [-0.3, -0.25) is 14.6 Å². The summed E-state index contributed by atoms with van der Waals surface area (Å²) in [6, 6.07) is 1.54. The van der Waals surface area contributed by atoms with E-state index >= 15 is 0 Å². The minimum absolute atomic E-state index is 0.145. The fourth-order valence-corrected chi connectivity index (χ4v) is 1.69. The van der Waals surface area contributed by atoms with Gasteiger partial charge in [-0.05, 0) is 18.9 Å². The van der Waals surface area contributed by atoms with Crippen molar-refractivity contribution in [3.05, 3.63) is 24.0 Å². The third kappa shape index (κ3) is 2.27. The van der Waals surface area contributed by atoms with Crippen molar-refractivity contribution in [2.45, 2.75) is 12.8 Å². The molecule has 18 heavy (non-hydrogen) atoms. The second kappa shape index (κ2) is 4.64. The predicted molar refractivity (Wildman–Crippen MR) is 62.4 cm³/mol. The molecule has 1 heterocycles. The second-order valence-corrected chi connectivity index (χ2v) is 4.34. The number of carbonyl (C=O) groups excluding carboxylic acids is 1. The zero-order chi connectivity index (χ0) is 13.2. The van der Waals surface area contributed by atoms with Crippen LogP contribution in [0.3, 0.4) is 0 Å². The van der Waals surface area contributed by atoms with Crippen LogP contribution in [0.15, 0.2) is 18.5 Å². The van der Waals surface area contributed by atoms with Crippen molar-refractivity contribution < 1.29 is 19.4 Å². The summed E-state index contributed by atoms with van der Waals surface area (Å²) in [5.41, 5.74) is -0.413. The molecular formula is C12H14N2O4. The van der Waals surface area contributed by atoms with Crippen LogP contribution < -0.4 is 10.1 Å². The highest BCUT2D eigenvalue weighted by Crippen LogP contribution is 2.45. The lowest BCUT2D eigenvalue weighted by Gasteiger charge is -2.12.